The molecule has 1 amide bonds. The van der Waals surface area contributed by atoms with Gasteiger partial charge in [-0.05, 0) is 26.2 Å². The summed E-state index contributed by atoms with van der Waals surface area (Å²) < 4.78 is 3.67. The van der Waals surface area contributed by atoms with Crippen LogP contribution in [-0.4, -0.2) is 35.8 Å². The molecule has 0 fully saturated rings. The second kappa shape index (κ2) is 6.37. The molecule has 0 radical (unpaired) electrons. The molecule has 0 saturated heterocycles. The lowest BCUT2D eigenvalue weighted by Gasteiger charge is -2.09. The molecule has 2 aromatic heterocycles. The fourth-order valence-corrected chi connectivity index (χ4v) is 2.57. The third-order valence-electron chi connectivity index (χ3n) is 3.83. The number of amides is 1. The van der Waals surface area contributed by atoms with Crippen LogP contribution >= 0.6 is 0 Å². The van der Waals surface area contributed by atoms with Crippen molar-refractivity contribution in [2.45, 2.75) is 38.8 Å². The Labute approximate surface area is 132 Å². The Bertz CT molecular complexity index is 859. The molecule has 0 aromatic carbocycles. The zero-order valence-corrected chi connectivity index (χ0v) is 13.4. The van der Waals surface area contributed by atoms with Gasteiger partial charge >= 0.3 is 5.69 Å². The molecule has 0 saturated carbocycles. The van der Waals surface area contributed by atoms with Crippen LogP contribution in [0.25, 0.3) is 11.2 Å². The average molecular weight is 323 g/mol. The molecule has 2 heterocycles. The first-order valence-corrected chi connectivity index (χ1v) is 7.39. The number of carbonyl (C=O) groups is 1. The van der Waals surface area contributed by atoms with Gasteiger partial charge in [-0.1, -0.05) is 0 Å². The predicted molar refractivity (Wildman–Crippen MR) is 84.3 cm³/mol. The van der Waals surface area contributed by atoms with Crippen LogP contribution in [0.4, 0.5) is 0 Å². The fraction of sp³-hybridized carbons (Fsp3) is 0.571. The number of aliphatic hydroxyl groups excluding tert-OH is 1. The van der Waals surface area contributed by atoms with Gasteiger partial charge in [-0.15, -0.1) is 0 Å². The van der Waals surface area contributed by atoms with Gasteiger partial charge in [-0.2, -0.15) is 0 Å². The number of primary amides is 1. The predicted octanol–water partition coefficient (Wildman–Crippen LogP) is -0.916. The summed E-state index contributed by atoms with van der Waals surface area (Å²) in [4.78, 5) is 40.3. The van der Waals surface area contributed by atoms with E-state index >= 15 is 0 Å². The molecule has 3 N–H and O–H groups in total. The highest BCUT2D eigenvalue weighted by molar-refractivity contribution is 5.92. The van der Waals surface area contributed by atoms with E-state index in [-0.39, 0.29) is 23.5 Å². The van der Waals surface area contributed by atoms with Gasteiger partial charge in [0.1, 0.15) is 0 Å². The molecule has 23 heavy (non-hydrogen) atoms. The number of aromatic nitrogens is 4. The first kappa shape index (κ1) is 16.9. The summed E-state index contributed by atoms with van der Waals surface area (Å²) >= 11 is 0. The lowest BCUT2D eigenvalue weighted by atomic mass is 10.2. The molecule has 0 aliphatic carbocycles. The number of hydrogen-bond donors (Lipinski definition) is 2. The maximum Gasteiger partial charge on any atom is 0.332 e. The first-order valence-electron chi connectivity index (χ1n) is 7.39. The third kappa shape index (κ3) is 3.04. The summed E-state index contributed by atoms with van der Waals surface area (Å²) in [6, 6.07) is 0. The zero-order valence-electron chi connectivity index (χ0n) is 13.4. The smallest absolute Gasteiger partial charge is 0.332 e. The summed E-state index contributed by atoms with van der Waals surface area (Å²) in [6.07, 6.45) is 1.48. The van der Waals surface area contributed by atoms with Gasteiger partial charge in [-0.3, -0.25) is 18.7 Å². The van der Waals surface area contributed by atoms with E-state index in [0.29, 0.717) is 19.3 Å². The topological polar surface area (TPSA) is 125 Å². The molecule has 1 unspecified atom stereocenters. The van der Waals surface area contributed by atoms with Crippen molar-refractivity contribution in [2.24, 2.45) is 19.8 Å². The minimum absolute atomic E-state index is 0.0704. The monoisotopic (exact) mass is 323 g/mol. The molecule has 9 nitrogen and oxygen atoms in total. The Morgan fingerprint density at radius 2 is 1.91 bits per heavy atom. The maximum atomic E-state index is 12.6. The number of imidazole rings is 1. The van der Waals surface area contributed by atoms with Crippen molar-refractivity contribution in [3.63, 3.8) is 0 Å². The number of carbonyl (C=O) groups excluding carboxylic acids is 1. The van der Waals surface area contributed by atoms with Crippen LogP contribution in [0.1, 0.15) is 36.8 Å². The highest BCUT2D eigenvalue weighted by Gasteiger charge is 2.20. The Hall–Kier alpha value is -2.42. The van der Waals surface area contributed by atoms with Gasteiger partial charge < -0.3 is 15.4 Å². The number of hydrogen-bond acceptors (Lipinski definition) is 5. The van der Waals surface area contributed by atoms with Crippen LogP contribution < -0.4 is 17.0 Å². The van der Waals surface area contributed by atoms with Crippen LogP contribution in [0.3, 0.4) is 0 Å². The van der Waals surface area contributed by atoms with E-state index in [1.807, 2.05) is 0 Å². The van der Waals surface area contributed by atoms with Crippen LogP contribution in [0.5, 0.6) is 0 Å². The number of unbranched alkanes of at least 4 members (excludes halogenated alkanes) is 1. The highest BCUT2D eigenvalue weighted by atomic mass is 16.3. The minimum Gasteiger partial charge on any atom is -0.393 e. The standard InChI is InChI=1S/C14H21N5O4/c1-8(20)6-4-5-7-19-13(22)9-11(18(3)14(19)23)16-12(10(15)21)17(9)2/h8,20H,4-7H2,1-3H3,(H2,15,21). The van der Waals surface area contributed by atoms with E-state index in [1.165, 1.54) is 23.2 Å². The number of fused-ring (bicyclic) bond motifs is 1. The SMILES string of the molecule is CC(O)CCCCn1c(=O)c2c(nc(C(N)=O)n2C)n(C)c1=O. The van der Waals surface area contributed by atoms with Crippen LogP contribution in [0.2, 0.25) is 0 Å². The maximum absolute atomic E-state index is 12.6. The molecule has 126 valence electrons. The number of aliphatic hydroxyl groups is 1. The molecule has 0 spiro atoms. The number of nitrogens with zero attached hydrogens (tertiary/aromatic N) is 4. The van der Waals surface area contributed by atoms with Crippen molar-refractivity contribution in [1.82, 2.24) is 18.7 Å². The van der Waals surface area contributed by atoms with E-state index in [2.05, 4.69) is 4.98 Å². The molecule has 2 rings (SSSR count). The summed E-state index contributed by atoms with van der Waals surface area (Å²) in [6.45, 7) is 1.93. The summed E-state index contributed by atoms with van der Waals surface area (Å²) in [5.41, 5.74) is 4.55. The molecule has 9 heteroatoms. The number of rotatable bonds is 6. The summed E-state index contributed by atoms with van der Waals surface area (Å²) in [7, 11) is 3.01. The largest absolute Gasteiger partial charge is 0.393 e. The van der Waals surface area contributed by atoms with Gasteiger partial charge in [0.2, 0.25) is 5.82 Å². The average Bonchev–Trinajstić information content (AvgIpc) is 2.82. The van der Waals surface area contributed by atoms with Crippen molar-refractivity contribution in [1.29, 1.82) is 0 Å². The van der Waals surface area contributed by atoms with Gasteiger partial charge in [0, 0.05) is 20.6 Å². The summed E-state index contributed by atoms with van der Waals surface area (Å²) in [5.74, 6) is -0.835. The van der Waals surface area contributed by atoms with E-state index in [0.717, 1.165) is 4.57 Å². The fourth-order valence-electron chi connectivity index (χ4n) is 2.57. The first-order chi connectivity index (χ1) is 10.8. The second-order valence-electron chi connectivity index (χ2n) is 5.67. The second-order valence-corrected chi connectivity index (χ2v) is 5.67. The van der Waals surface area contributed by atoms with Crippen LogP contribution in [-0.2, 0) is 20.6 Å². The van der Waals surface area contributed by atoms with Crippen molar-refractivity contribution in [2.75, 3.05) is 0 Å². The van der Waals surface area contributed by atoms with Gasteiger partial charge in [0.25, 0.3) is 11.5 Å². The van der Waals surface area contributed by atoms with E-state index in [9.17, 15) is 19.5 Å². The lowest BCUT2D eigenvalue weighted by Crippen LogP contribution is -2.39. The van der Waals surface area contributed by atoms with Crippen molar-refractivity contribution < 1.29 is 9.90 Å². The number of aryl methyl sites for hydroxylation is 2. The molecule has 2 aromatic rings. The third-order valence-corrected chi connectivity index (χ3v) is 3.83. The number of nitrogens with two attached hydrogens (primary N) is 1. The van der Waals surface area contributed by atoms with Gasteiger partial charge in [0.15, 0.2) is 11.2 Å². The molecular formula is C14H21N5O4. The lowest BCUT2D eigenvalue weighted by molar-refractivity contribution is 0.0988. The summed E-state index contributed by atoms with van der Waals surface area (Å²) in [5, 5.41) is 9.25. The van der Waals surface area contributed by atoms with E-state index in [1.54, 1.807) is 6.92 Å². The van der Waals surface area contributed by atoms with Crippen molar-refractivity contribution in [3.8, 4) is 0 Å². The Balaban J connectivity index is 2.51. The molecule has 0 bridgehead atoms. The molecule has 1 atom stereocenters. The van der Waals surface area contributed by atoms with Crippen molar-refractivity contribution in [3.05, 3.63) is 26.7 Å². The van der Waals surface area contributed by atoms with E-state index < -0.39 is 23.3 Å². The molecular weight excluding hydrogens is 302 g/mol. The van der Waals surface area contributed by atoms with Gasteiger partial charge in [-0.25, -0.2) is 9.78 Å². The molecule has 0 aliphatic rings. The van der Waals surface area contributed by atoms with Gasteiger partial charge in [0.05, 0.1) is 6.10 Å². The van der Waals surface area contributed by atoms with Crippen LogP contribution in [0.15, 0.2) is 9.59 Å². The molecule has 0 aliphatic heterocycles. The highest BCUT2D eigenvalue weighted by Crippen LogP contribution is 2.09. The van der Waals surface area contributed by atoms with Crippen LogP contribution in [0, 0.1) is 0 Å². The Morgan fingerprint density at radius 3 is 2.48 bits per heavy atom. The minimum atomic E-state index is -0.765. The van der Waals surface area contributed by atoms with Crippen molar-refractivity contribution >= 4 is 17.1 Å². The zero-order chi connectivity index (χ0) is 17.3. The van der Waals surface area contributed by atoms with E-state index in [4.69, 9.17) is 5.73 Å². The Kier molecular flexibility index (Phi) is 4.69. The Morgan fingerprint density at radius 1 is 1.26 bits per heavy atom. The normalized spacial score (nSPS) is 12.7. The quantitative estimate of drug-likeness (QED) is 0.665.